The Kier molecular flexibility index (Phi) is 1.94. The minimum absolute atomic E-state index is 0.167. The smallest absolute Gasteiger partial charge is 0.289 e. The van der Waals surface area contributed by atoms with Crippen molar-refractivity contribution in [2.75, 3.05) is 4.31 Å². The minimum Gasteiger partial charge on any atom is -0.289 e. The molecule has 1 atom stereocenters. The summed E-state index contributed by atoms with van der Waals surface area (Å²) in [4.78, 5) is 22.5. The number of amides is 1. The zero-order valence-corrected chi connectivity index (χ0v) is 7.65. The van der Waals surface area contributed by atoms with Gasteiger partial charge in [0.05, 0.1) is 11.3 Å². The first-order valence-corrected chi connectivity index (χ1v) is 4.78. The normalized spacial score (nSPS) is 17.1. The molecule has 6 heteroatoms. The van der Waals surface area contributed by atoms with Crippen molar-refractivity contribution >= 4 is 28.6 Å². The first-order valence-electron chi connectivity index (χ1n) is 3.71. The third-order valence-corrected chi connectivity index (χ3v) is 2.58. The molecule has 1 amide bonds. The van der Waals surface area contributed by atoms with E-state index in [1.165, 1.54) is 12.1 Å². The van der Waals surface area contributed by atoms with E-state index in [1.807, 2.05) is 0 Å². The number of benzene rings is 1. The number of anilines is 1. The molecule has 1 aliphatic rings. The van der Waals surface area contributed by atoms with Crippen LogP contribution in [0.5, 0.6) is 0 Å². The van der Waals surface area contributed by atoms with Crippen LogP contribution in [0.25, 0.3) is 0 Å². The Morgan fingerprint density at radius 3 is 2.50 bits per heavy atom. The van der Waals surface area contributed by atoms with Crippen LogP contribution < -0.4 is 4.31 Å². The van der Waals surface area contributed by atoms with Crippen molar-refractivity contribution in [3.63, 3.8) is 0 Å². The molecule has 1 aliphatic heterocycles. The Bertz CT molecular complexity index is 456. The molecular weight excluding hydrogens is 206 g/mol. The molecule has 0 saturated carbocycles. The predicted molar refractivity (Wildman–Crippen MR) is 49.0 cm³/mol. The summed E-state index contributed by atoms with van der Waals surface area (Å²) < 4.78 is 20.2. The number of nitrogens with zero attached hydrogens (tertiary/aromatic N) is 1. The summed E-state index contributed by atoms with van der Waals surface area (Å²) >= 11 is -2.49. The van der Waals surface area contributed by atoms with Crippen molar-refractivity contribution in [3.8, 4) is 0 Å². The highest BCUT2D eigenvalue weighted by molar-refractivity contribution is 7.81. The molecule has 1 N–H and O–H groups in total. The lowest BCUT2D eigenvalue weighted by molar-refractivity contribution is -0.113. The van der Waals surface area contributed by atoms with E-state index < -0.39 is 23.0 Å². The summed E-state index contributed by atoms with van der Waals surface area (Å²) in [5.41, 5.74) is 0.350. The molecular formula is C8H5NO4S. The number of rotatable bonds is 1. The van der Waals surface area contributed by atoms with E-state index in [9.17, 15) is 13.8 Å². The quantitative estimate of drug-likeness (QED) is 0.537. The second-order valence-corrected chi connectivity index (χ2v) is 3.50. The van der Waals surface area contributed by atoms with Crippen LogP contribution in [-0.2, 0) is 16.1 Å². The van der Waals surface area contributed by atoms with Crippen molar-refractivity contribution in [2.24, 2.45) is 0 Å². The number of fused-ring (bicyclic) bond motifs is 1. The zero-order valence-electron chi connectivity index (χ0n) is 6.84. The van der Waals surface area contributed by atoms with E-state index in [0.717, 1.165) is 0 Å². The fraction of sp³-hybridized carbons (Fsp3) is 0. The largest absolute Gasteiger partial charge is 0.313 e. The molecule has 72 valence electrons. The summed E-state index contributed by atoms with van der Waals surface area (Å²) in [6.45, 7) is 0. The summed E-state index contributed by atoms with van der Waals surface area (Å²) in [5, 5.41) is 0. The first kappa shape index (κ1) is 9.04. The molecule has 1 aromatic rings. The zero-order chi connectivity index (χ0) is 10.3. The predicted octanol–water partition coefficient (Wildman–Crippen LogP) is 0.353. The number of hydrogen-bond donors (Lipinski definition) is 1. The second-order valence-electron chi connectivity index (χ2n) is 2.68. The van der Waals surface area contributed by atoms with E-state index in [0.29, 0.717) is 4.31 Å². The lowest BCUT2D eigenvalue weighted by Crippen LogP contribution is -2.31. The Morgan fingerprint density at radius 1 is 1.21 bits per heavy atom. The molecule has 0 radical (unpaired) electrons. The van der Waals surface area contributed by atoms with Crippen LogP contribution in [0, 0.1) is 0 Å². The molecule has 1 unspecified atom stereocenters. The van der Waals surface area contributed by atoms with Crippen molar-refractivity contribution in [1.29, 1.82) is 0 Å². The highest BCUT2D eigenvalue weighted by atomic mass is 32.2. The van der Waals surface area contributed by atoms with Crippen LogP contribution in [0.4, 0.5) is 5.69 Å². The van der Waals surface area contributed by atoms with Gasteiger partial charge in [0.2, 0.25) is 0 Å². The number of Topliss-reactive ketones (excluding diaryl/α,β-unsaturated/α-hetero) is 1. The van der Waals surface area contributed by atoms with Gasteiger partial charge < -0.3 is 0 Å². The second kappa shape index (κ2) is 3.00. The molecule has 14 heavy (non-hydrogen) atoms. The maximum atomic E-state index is 11.3. The van der Waals surface area contributed by atoms with Gasteiger partial charge in [0, 0.05) is 0 Å². The lowest BCUT2D eigenvalue weighted by atomic mass is 10.1. The third kappa shape index (κ3) is 1.08. The van der Waals surface area contributed by atoms with Gasteiger partial charge >= 0.3 is 5.91 Å². The van der Waals surface area contributed by atoms with Crippen molar-refractivity contribution in [1.82, 2.24) is 0 Å². The van der Waals surface area contributed by atoms with Crippen molar-refractivity contribution < 1.29 is 18.4 Å². The Balaban J connectivity index is 2.64. The van der Waals surface area contributed by atoms with Crippen LogP contribution in [0.1, 0.15) is 10.4 Å². The van der Waals surface area contributed by atoms with Gasteiger partial charge in [-0.05, 0) is 12.1 Å². The van der Waals surface area contributed by atoms with Gasteiger partial charge in [-0.25, -0.2) is 4.21 Å². The number of para-hydroxylation sites is 1. The molecule has 0 fully saturated rings. The van der Waals surface area contributed by atoms with E-state index in [1.54, 1.807) is 12.1 Å². The van der Waals surface area contributed by atoms with Gasteiger partial charge in [0.15, 0.2) is 0 Å². The highest BCUT2D eigenvalue weighted by Gasteiger charge is 2.38. The Labute approximate surface area is 81.8 Å². The molecule has 1 heterocycles. The Morgan fingerprint density at radius 2 is 1.86 bits per heavy atom. The van der Waals surface area contributed by atoms with Gasteiger partial charge in [0.1, 0.15) is 0 Å². The van der Waals surface area contributed by atoms with Crippen molar-refractivity contribution in [2.45, 2.75) is 0 Å². The first-order chi connectivity index (χ1) is 6.63. The van der Waals surface area contributed by atoms with Gasteiger partial charge in [-0.1, -0.05) is 12.1 Å². The maximum absolute atomic E-state index is 11.3. The van der Waals surface area contributed by atoms with E-state index in [2.05, 4.69) is 0 Å². The number of ketones is 1. The summed E-state index contributed by atoms with van der Waals surface area (Å²) in [5.74, 6) is -1.71. The average molecular weight is 211 g/mol. The monoisotopic (exact) mass is 211 g/mol. The molecule has 5 nitrogen and oxygen atoms in total. The Hall–Kier alpha value is -1.53. The van der Waals surface area contributed by atoms with Crippen LogP contribution in [0.3, 0.4) is 0 Å². The maximum Gasteiger partial charge on any atom is 0.313 e. The number of carbonyl (C=O) groups excluding carboxylic acids is 2. The van der Waals surface area contributed by atoms with Gasteiger partial charge in [-0.3, -0.25) is 14.1 Å². The van der Waals surface area contributed by atoms with Crippen LogP contribution in [0.2, 0.25) is 0 Å². The molecule has 2 rings (SSSR count). The summed E-state index contributed by atoms with van der Waals surface area (Å²) in [7, 11) is 0. The van der Waals surface area contributed by atoms with Crippen LogP contribution in [-0.4, -0.2) is 20.5 Å². The van der Waals surface area contributed by atoms with Crippen molar-refractivity contribution in [3.05, 3.63) is 29.8 Å². The highest BCUT2D eigenvalue weighted by Crippen LogP contribution is 2.28. The molecule has 0 aromatic heterocycles. The molecule has 0 aliphatic carbocycles. The minimum atomic E-state index is -2.49. The SMILES string of the molecule is O=C1C(=O)N(S(=O)O)c2ccccc21. The van der Waals surface area contributed by atoms with Gasteiger partial charge in [-0.2, -0.15) is 4.31 Å². The van der Waals surface area contributed by atoms with Crippen LogP contribution >= 0.6 is 0 Å². The molecule has 0 bridgehead atoms. The average Bonchev–Trinajstić information content (AvgIpc) is 2.41. The number of hydrogen-bond acceptors (Lipinski definition) is 3. The topological polar surface area (TPSA) is 74.7 Å². The van der Waals surface area contributed by atoms with Gasteiger partial charge in [-0.15, -0.1) is 0 Å². The fourth-order valence-corrected chi connectivity index (χ4v) is 1.87. The molecule has 0 saturated heterocycles. The molecule has 0 spiro atoms. The fourth-order valence-electron chi connectivity index (χ4n) is 1.31. The van der Waals surface area contributed by atoms with Crippen LogP contribution in [0.15, 0.2) is 24.3 Å². The van der Waals surface area contributed by atoms with E-state index in [4.69, 9.17) is 4.55 Å². The van der Waals surface area contributed by atoms with Gasteiger partial charge in [0.25, 0.3) is 17.0 Å². The standard InChI is InChI=1S/C8H5NO4S/c10-7-5-3-1-2-4-6(5)9(8(7)11)14(12)13/h1-4H,(H,12,13). The number of carbonyl (C=O) groups is 2. The third-order valence-electron chi connectivity index (χ3n) is 1.90. The lowest BCUT2D eigenvalue weighted by Gasteiger charge is -2.08. The molecule has 1 aromatic carbocycles. The van der Waals surface area contributed by atoms with E-state index in [-0.39, 0.29) is 11.3 Å². The summed E-state index contributed by atoms with van der Waals surface area (Å²) in [6.07, 6.45) is 0. The summed E-state index contributed by atoms with van der Waals surface area (Å²) in [6, 6.07) is 6.08. The van der Waals surface area contributed by atoms with E-state index >= 15 is 0 Å².